The Morgan fingerprint density at radius 1 is 1.03 bits per heavy atom. The van der Waals surface area contributed by atoms with E-state index in [0.29, 0.717) is 31.4 Å². The van der Waals surface area contributed by atoms with Crippen LogP contribution in [0, 0.1) is 11.3 Å². The van der Waals surface area contributed by atoms with Crippen molar-refractivity contribution in [3.8, 4) is 5.75 Å². The number of carbonyl (C=O) groups excluding carboxylic acids is 1. The molecule has 1 aromatic carbocycles. The normalized spacial score (nSPS) is 27.3. The minimum Gasteiger partial charge on any atom is -0.507 e. The molecular formula is C30H42O4. The maximum Gasteiger partial charge on any atom is 0.122 e. The predicted molar refractivity (Wildman–Crippen MR) is 136 cm³/mol. The van der Waals surface area contributed by atoms with E-state index in [4.69, 9.17) is 0 Å². The van der Waals surface area contributed by atoms with Crippen LogP contribution in [0.1, 0.15) is 95.2 Å². The molecule has 3 N–H and O–H groups in total. The lowest BCUT2D eigenvalue weighted by Gasteiger charge is -2.50. The molecule has 0 heterocycles. The Bertz CT molecular complexity index is 976. The van der Waals surface area contributed by atoms with Crippen LogP contribution in [0.2, 0.25) is 0 Å². The molecule has 0 spiro atoms. The number of aldehydes is 1. The van der Waals surface area contributed by atoms with Crippen LogP contribution in [0.5, 0.6) is 5.75 Å². The second-order valence-electron chi connectivity index (χ2n) is 11.8. The van der Waals surface area contributed by atoms with Gasteiger partial charge in [0.2, 0.25) is 0 Å². The van der Waals surface area contributed by atoms with E-state index < -0.39 is 5.60 Å². The molecule has 3 aliphatic carbocycles. The lowest BCUT2D eigenvalue weighted by molar-refractivity contribution is -0.107. The third-order valence-electron chi connectivity index (χ3n) is 9.09. The summed E-state index contributed by atoms with van der Waals surface area (Å²) in [4.78, 5) is 11.1. The van der Waals surface area contributed by atoms with Gasteiger partial charge in [-0.25, -0.2) is 0 Å². The van der Waals surface area contributed by atoms with Gasteiger partial charge < -0.3 is 20.1 Å². The molecule has 2 saturated carbocycles. The number of phenolic OH excluding ortho intramolecular Hbond substituents is 1. The largest absolute Gasteiger partial charge is 0.507 e. The van der Waals surface area contributed by atoms with E-state index >= 15 is 0 Å². The van der Waals surface area contributed by atoms with E-state index in [9.17, 15) is 20.1 Å². The maximum absolute atomic E-state index is 11.9. The van der Waals surface area contributed by atoms with Crippen LogP contribution >= 0.6 is 0 Å². The number of hydrogen-bond donors (Lipinski definition) is 3. The highest BCUT2D eigenvalue weighted by molar-refractivity contribution is 5.52. The zero-order chi connectivity index (χ0) is 24.6. The first kappa shape index (κ1) is 25.2. The molecule has 3 aliphatic rings. The number of aryl methyl sites for hydroxylation is 1. The molecule has 34 heavy (non-hydrogen) atoms. The summed E-state index contributed by atoms with van der Waals surface area (Å²) < 4.78 is 0. The third-order valence-corrected chi connectivity index (χ3v) is 9.09. The fourth-order valence-electron chi connectivity index (χ4n) is 6.42. The van der Waals surface area contributed by atoms with Crippen LogP contribution in [0.25, 0.3) is 0 Å². The van der Waals surface area contributed by atoms with Crippen molar-refractivity contribution < 1.29 is 20.1 Å². The highest BCUT2D eigenvalue weighted by Gasteiger charge is 2.48. The van der Waals surface area contributed by atoms with Crippen LogP contribution < -0.4 is 0 Å². The third kappa shape index (κ3) is 4.64. The highest BCUT2D eigenvalue weighted by atomic mass is 16.3. The number of aromatic hydroxyl groups is 1. The molecule has 4 nitrogen and oxygen atoms in total. The minimum absolute atomic E-state index is 0.00142. The molecule has 186 valence electrons. The van der Waals surface area contributed by atoms with E-state index in [0.717, 1.165) is 66.2 Å². The number of aliphatic hydroxyl groups is 2. The number of aliphatic hydroxyl groups excluding tert-OH is 1. The molecule has 1 aromatic rings. The van der Waals surface area contributed by atoms with Gasteiger partial charge in [-0.3, -0.25) is 0 Å². The molecule has 0 aliphatic heterocycles. The first-order chi connectivity index (χ1) is 16.1. The number of hydrogen-bond acceptors (Lipinski definition) is 4. The summed E-state index contributed by atoms with van der Waals surface area (Å²) in [5, 5.41) is 32.7. The van der Waals surface area contributed by atoms with Gasteiger partial charge in [0.05, 0.1) is 5.60 Å². The Labute approximate surface area is 204 Å². The second-order valence-corrected chi connectivity index (χ2v) is 11.8. The summed E-state index contributed by atoms with van der Waals surface area (Å²) in [6, 6.07) is 4.22. The van der Waals surface area contributed by atoms with Crippen molar-refractivity contribution in [1.82, 2.24) is 0 Å². The monoisotopic (exact) mass is 466 g/mol. The molecule has 0 saturated heterocycles. The van der Waals surface area contributed by atoms with E-state index in [-0.39, 0.29) is 23.4 Å². The molecule has 0 bridgehead atoms. The van der Waals surface area contributed by atoms with Crippen LogP contribution in [0.3, 0.4) is 0 Å². The van der Waals surface area contributed by atoms with Gasteiger partial charge in [0.25, 0.3) is 0 Å². The van der Waals surface area contributed by atoms with E-state index in [1.54, 1.807) is 0 Å². The first-order valence-corrected chi connectivity index (χ1v) is 13.2. The quantitative estimate of drug-likeness (QED) is 0.386. The van der Waals surface area contributed by atoms with Crippen LogP contribution in [-0.2, 0) is 23.1 Å². The van der Waals surface area contributed by atoms with Crippen molar-refractivity contribution in [1.29, 1.82) is 0 Å². The summed E-state index contributed by atoms with van der Waals surface area (Å²) in [7, 11) is 0. The molecule has 2 atom stereocenters. The van der Waals surface area contributed by atoms with Gasteiger partial charge in [-0.15, -0.1) is 0 Å². The molecule has 2 unspecified atom stereocenters. The van der Waals surface area contributed by atoms with Gasteiger partial charge in [-0.2, -0.15) is 0 Å². The fourth-order valence-corrected chi connectivity index (χ4v) is 6.42. The van der Waals surface area contributed by atoms with Gasteiger partial charge in [0.1, 0.15) is 12.0 Å². The van der Waals surface area contributed by atoms with Gasteiger partial charge >= 0.3 is 0 Å². The van der Waals surface area contributed by atoms with E-state index in [1.165, 1.54) is 12.8 Å². The Morgan fingerprint density at radius 3 is 2.26 bits per heavy atom. The van der Waals surface area contributed by atoms with Gasteiger partial charge in [0, 0.05) is 24.5 Å². The SMILES string of the molecule is CC1(C2=CC(CCC=O)=CC(Cc3cc(CCCO)cc(C4(C)CCC4)c3O)C2(C)O)CCC1. The topological polar surface area (TPSA) is 77.8 Å². The maximum atomic E-state index is 11.9. The summed E-state index contributed by atoms with van der Waals surface area (Å²) in [6.45, 7) is 6.56. The smallest absolute Gasteiger partial charge is 0.122 e. The van der Waals surface area contributed by atoms with Crippen molar-refractivity contribution in [2.45, 2.75) is 102 Å². The van der Waals surface area contributed by atoms with Crippen LogP contribution in [-0.4, -0.2) is 33.8 Å². The number of benzene rings is 1. The molecule has 4 heteroatoms. The molecule has 0 radical (unpaired) electrons. The second kappa shape index (κ2) is 9.62. The molecule has 0 aromatic heterocycles. The summed E-state index contributed by atoms with van der Waals surface area (Å²) in [5.41, 5.74) is 4.24. The zero-order valence-electron chi connectivity index (χ0n) is 21.2. The minimum atomic E-state index is -1.01. The lowest BCUT2D eigenvalue weighted by atomic mass is 9.57. The van der Waals surface area contributed by atoms with Gasteiger partial charge in [-0.1, -0.05) is 56.5 Å². The number of allylic oxidation sites excluding steroid dienone is 2. The van der Waals surface area contributed by atoms with Gasteiger partial charge in [0.15, 0.2) is 0 Å². The van der Waals surface area contributed by atoms with Crippen molar-refractivity contribution in [3.05, 3.63) is 52.1 Å². The standard InChI is InChI=1S/C30H42O4/c1-28(10-6-11-28)25-18-21(8-4-14-31)16-23(27(25)33)20-24-17-22(9-5-15-32)19-26(30(24,3)34)29(2)12-7-13-29/h15-19,24,31,33-34H,4-14,20H2,1-3H3. The number of phenols is 1. The van der Waals surface area contributed by atoms with Crippen molar-refractivity contribution in [3.63, 3.8) is 0 Å². The lowest BCUT2D eigenvalue weighted by Crippen LogP contribution is -2.47. The summed E-state index contributed by atoms with van der Waals surface area (Å²) >= 11 is 0. The van der Waals surface area contributed by atoms with Crippen LogP contribution in [0.4, 0.5) is 0 Å². The van der Waals surface area contributed by atoms with Gasteiger partial charge in [-0.05, 0) is 85.8 Å². The van der Waals surface area contributed by atoms with Crippen LogP contribution in [0.15, 0.2) is 35.4 Å². The van der Waals surface area contributed by atoms with Crippen molar-refractivity contribution in [2.24, 2.45) is 11.3 Å². The van der Waals surface area contributed by atoms with Crippen molar-refractivity contribution in [2.75, 3.05) is 6.61 Å². The van der Waals surface area contributed by atoms with E-state index in [2.05, 4.69) is 38.1 Å². The average molecular weight is 467 g/mol. The Hall–Kier alpha value is -1.91. The predicted octanol–water partition coefficient (Wildman–Crippen LogP) is 5.70. The Kier molecular flexibility index (Phi) is 7.13. The van der Waals surface area contributed by atoms with Crippen molar-refractivity contribution >= 4 is 6.29 Å². The summed E-state index contributed by atoms with van der Waals surface area (Å²) in [5.74, 6) is 0.201. The van der Waals surface area contributed by atoms with E-state index in [1.807, 2.05) is 6.92 Å². The molecular weight excluding hydrogens is 424 g/mol. The fraction of sp³-hybridized carbons (Fsp3) is 0.633. The zero-order valence-corrected chi connectivity index (χ0v) is 21.2. The average Bonchev–Trinajstić information content (AvgIpc) is 2.76. The number of rotatable bonds is 10. The Balaban J connectivity index is 1.72. The number of carbonyl (C=O) groups is 1. The highest BCUT2D eigenvalue weighted by Crippen LogP contribution is 2.55. The molecule has 0 amide bonds. The molecule has 4 rings (SSSR count). The molecule has 2 fully saturated rings. The first-order valence-electron chi connectivity index (χ1n) is 13.2. The summed E-state index contributed by atoms with van der Waals surface area (Å²) in [6.07, 6.45) is 15.1. The Morgan fingerprint density at radius 2 is 1.71 bits per heavy atom.